The summed E-state index contributed by atoms with van der Waals surface area (Å²) in [6.45, 7) is 5.39. The van der Waals surface area contributed by atoms with Gasteiger partial charge in [0.15, 0.2) is 0 Å². The zero-order valence-corrected chi connectivity index (χ0v) is 15.5. The number of piperazine rings is 1. The number of thiophene rings is 1. The van der Waals surface area contributed by atoms with Crippen molar-refractivity contribution in [2.45, 2.75) is 19.3 Å². The molecule has 4 rings (SSSR count). The summed E-state index contributed by atoms with van der Waals surface area (Å²) in [4.78, 5) is 33.2. The summed E-state index contributed by atoms with van der Waals surface area (Å²) in [5.41, 5.74) is 1.33. The highest BCUT2D eigenvalue weighted by Gasteiger charge is 2.30. The van der Waals surface area contributed by atoms with Gasteiger partial charge >= 0.3 is 0 Å². The summed E-state index contributed by atoms with van der Waals surface area (Å²) >= 11 is 1.79. The van der Waals surface area contributed by atoms with Gasteiger partial charge in [0.25, 0.3) is 11.8 Å². The number of imide groups is 1. The first-order chi connectivity index (χ1) is 12.7. The van der Waals surface area contributed by atoms with Crippen LogP contribution in [0.5, 0.6) is 0 Å². The van der Waals surface area contributed by atoms with E-state index >= 15 is 0 Å². The van der Waals surface area contributed by atoms with Gasteiger partial charge in [-0.05, 0) is 30.0 Å². The van der Waals surface area contributed by atoms with Gasteiger partial charge in [0.2, 0.25) is 0 Å². The van der Waals surface area contributed by atoms with E-state index in [1.807, 2.05) is 0 Å². The SMILES string of the molecule is O=C1CCC(=O)N1OCCCN1CCN(c2cccc3sccc23)CC1. The normalized spacial score (nSPS) is 19.1. The third-order valence-corrected chi connectivity index (χ3v) is 5.91. The summed E-state index contributed by atoms with van der Waals surface area (Å²) < 4.78 is 1.34. The molecule has 0 radical (unpaired) electrons. The first-order valence-corrected chi connectivity index (χ1v) is 10.0. The highest BCUT2D eigenvalue weighted by molar-refractivity contribution is 7.17. The molecular formula is C19H23N3O3S. The lowest BCUT2D eigenvalue weighted by molar-refractivity contribution is -0.187. The first kappa shape index (κ1) is 17.5. The van der Waals surface area contributed by atoms with Crippen LogP contribution in [-0.2, 0) is 14.4 Å². The van der Waals surface area contributed by atoms with Gasteiger partial charge in [-0.1, -0.05) is 6.07 Å². The number of anilines is 1. The van der Waals surface area contributed by atoms with E-state index in [4.69, 9.17) is 4.84 Å². The van der Waals surface area contributed by atoms with Crippen LogP contribution in [0.2, 0.25) is 0 Å². The highest BCUT2D eigenvalue weighted by atomic mass is 32.1. The molecule has 0 unspecified atom stereocenters. The maximum Gasteiger partial charge on any atom is 0.253 e. The first-order valence-electron chi connectivity index (χ1n) is 9.14. The Kier molecular flexibility index (Phi) is 5.19. The minimum atomic E-state index is -0.216. The van der Waals surface area contributed by atoms with Gasteiger partial charge in [0.05, 0.1) is 6.61 Å². The Morgan fingerprint density at radius 3 is 2.54 bits per heavy atom. The van der Waals surface area contributed by atoms with Crippen molar-refractivity contribution in [1.82, 2.24) is 9.96 Å². The van der Waals surface area contributed by atoms with Crippen LogP contribution < -0.4 is 4.90 Å². The number of hydrogen-bond donors (Lipinski definition) is 0. The van der Waals surface area contributed by atoms with Crippen molar-refractivity contribution in [3.8, 4) is 0 Å². The quantitative estimate of drug-likeness (QED) is 0.575. The van der Waals surface area contributed by atoms with Gasteiger partial charge in [-0.3, -0.25) is 19.3 Å². The average Bonchev–Trinajstić information content (AvgIpc) is 3.26. The summed E-state index contributed by atoms with van der Waals surface area (Å²) in [5, 5.41) is 4.44. The molecule has 6 nitrogen and oxygen atoms in total. The Balaban J connectivity index is 1.22. The van der Waals surface area contributed by atoms with E-state index in [0.717, 1.165) is 44.2 Å². The van der Waals surface area contributed by atoms with Crippen molar-refractivity contribution in [2.24, 2.45) is 0 Å². The second kappa shape index (κ2) is 7.73. The second-order valence-corrected chi connectivity index (χ2v) is 7.65. The lowest BCUT2D eigenvalue weighted by atomic mass is 10.2. The standard InChI is InChI=1S/C19H23N3O3S/c23-18-5-6-19(24)22(18)25-13-2-8-20-9-11-21(12-10-20)16-3-1-4-17-15(16)7-14-26-17/h1,3-4,7,14H,2,5-6,8-13H2. The molecule has 2 amide bonds. The number of hydrogen-bond acceptors (Lipinski definition) is 6. The Morgan fingerprint density at radius 2 is 1.77 bits per heavy atom. The van der Waals surface area contributed by atoms with Crippen molar-refractivity contribution >= 4 is 38.9 Å². The fraction of sp³-hybridized carbons (Fsp3) is 0.474. The molecule has 1 aromatic carbocycles. The minimum absolute atomic E-state index is 0.216. The maximum absolute atomic E-state index is 11.5. The molecule has 2 aromatic rings. The molecule has 0 bridgehead atoms. The number of fused-ring (bicyclic) bond motifs is 1. The fourth-order valence-corrected chi connectivity index (χ4v) is 4.42. The van der Waals surface area contributed by atoms with Crippen molar-refractivity contribution in [3.05, 3.63) is 29.6 Å². The Morgan fingerprint density at radius 1 is 1.00 bits per heavy atom. The van der Waals surface area contributed by atoms with Crippen LogP contribution in [0.25, 0.3) is 10.1 Å². The van der Waals surface area contributed by atoms with Crippen molar-refractivity contribution < 1.29 is 14.4 Å². The topological polar surface area (TPSA) is 53.1 Å². The molecule has 0 saturated carbocycles. The third kappa shape index (κ3) is 3.60. The Hall–Kier alpha value is -1.96. The molecule has 1 aromatic heterocycles. The Labute approximate surface area is 156 Å². The van der Waals surface area contributed by atoms with E-state index < -0.39 is 0 Å². The third-order valence-electron chi connectivity index (χ3n) is 5.03. The smallest absolute Gasteiger partial charge is 0.253 e. The van der Waals surface area contributed by atoms with Crippen LogP contribution in [0.15, 0.2) is 29.6 Å². The highest BCUT2D eigenvalue weighted by Crippen LogP contribution is 2.31. The molecule has 2 saturated heterocycles. The number of carbonyl (C=O) groups is 2. The molecule has 0 aliphatic carbocycles. The van der Waals surface area contributed by atoms with E-state index in [1.54, 1.807) is 11.3 Å². The zero-order chi connectivity index (χ0) is 17.9. The van der Waals surface area contributed by atoms with Crippen LogP contribution in [0, 0.1) is 0 Å². The lowest BCUT2D eigenvalue weighted by Gasteiger charge is -2.36. The zero-order valence-electron chi connectivity index (χ0n) is 14.7. The van der Waals surface area contributed by atoms with Crippen LogP contribution in [0.1, 0.15) is 19.3 Å². The Bertz CT molecular complexity index is 782. The monoisotopic (exact) mass is 373 g/mol. The van der Waals surface area contributed by atoms with Crippen LogP contribution >= 0.6 is 11.3 Å². The van der Waals surface area contributed by atoms with E-state index in [-0.39, 0.29) is 24.7 Å². The predicted molar refractivity (Wildman–Crippen MR) is 102 cm³/mol. The predicted octanol–water partition coefficient (Wildman–Crippen LogP) is 2.49. The summed E-state index contributed by atoms with van der Waals surface area (Å²) in [6.07, 6.45) is 1.37. The summed E-state index contributed by atoms with van der Waals surface area (Å²) in [5.74, 6) is -0.433. The van der Waals surface area contributed by atoms with Gasteiger partial charge in [-0.2, -0.15) is 5.06 Å². The fourth-order valence-electron chi connectivity index (χ4n) is 3.61. The number of nitrogens with zero attached hydrogens (tertiary/aromatic N) is 3. The molecule has 2 fully saturated rings. The lowest BCUT2D eigenvalue weighted by Crippen LogP contribution is -2.46. The summed E-state index contributed by atoms with van der Waals surface area (Å²) in [6, 6.07) is 8.73. The van der Waals surface area contributed by atoms with Gasteiger partial charge in [0.1, 0.15) is 0 Å². The maximum atomic E-state index is 11.5. The largest absolute Gasteiger partial charge is 0.368 e. The van der Waals surface area contributed by atoms with Crippen LogP contribution in [-0.4, -0.2) is 61.1 Å². The van der Waals surface area contributed by atoms with Crippen LogP contribution in [0.4, 0.5) is 5.69 Å². The second-order valence-electron chi connectivity index (χ2n) is 6.71. The molecule has 0 atom stereocenters. The molecule has 0 spiro atoms. The molecule has 138 valence electrons. The molecule has 2 aliphatic heterocycles. The molecule has 0 N–H and O–H groups in total. The molecule has 26 heavy (non-hydrogen) atoms. The molecule has 2 aliphatic rings. The number of amides is 2. The molecule has 3 heterocycles. The van der Waals surface area contributed by atoms with Gasteiger partial charge in [-0.25, -0.2) is 0 Å². The van der Waals surface area contributed by atoms with Crippen molar-refractivity contribution in [2.75, 3.05) is 44.2 Å². The van der Waals surface area contributed by atoms with Crippen LogP contribution in [0.3, 0.4) is 0 Å². The number of rotatable bonds is 6. The summed E-state index contributed by atoms with van der Waals surface area (Å²) in [7, 11) is 0. The molecule has 7 heteroatoms. The van der Waals surface area contributed by atoms with Crippen molar-refractivity contribution in [1.29, 1.82) is 0 Å². The number of hydroxylamine groups is 2. The van der Waals surface area contributed by atoms with E-state index in [9.17, 15) is 9.59 Å². The minimum Gasteiger partial charge on any atom is -0.368 e. The van der Waals surface area contributed by atoms with Gasteiger partial charge < -0.3 is 4.90 Å². The van der Waals surface area contributed by atoms with E-state index in [1.165, 1.54) is 15.8 Å². The van der Waals surface area contributed by atoms with E-state index in [2.05, 4.69) is 39.4 Å². The van der Waals surface area contributed by atoms with Gasteiger partial charge in [0, 0.05) is 61.3 Å². The molecular weight excluding hydrogens is 350 g/mol. The average molecular weight is 373 g/mol. The number of carbonyl (C=O) groups excluding carboxylic acids is 2. The number of benzene rings is 1. The van der Waals surface area contributed by atoms with Crippen molar-refractivity contribution in [3.63, 3.8) is 0 Å². The van der Waals surface area contributed by atoms with Gasteiger partial charge in [-0.15, -0.1) is 11.3 Å². The van der Waals surface area contributed by atoms with E-state index in [0.29, 0.717) is 6.61 Å².